The van der Waals surface area contributed by atoms with Gasteiger partial charge < -0.3 is 5.32 Å². The molecule has 1 aliphatic heterocycles. The number of nitrogens with one attached hydrogen (secondary N) is 2. The second-order valence-corrected chi connectivity index (χ2v) is 9.17. The number of hydrogen-bond acceptors (Lipinski definition) is 6. The Bertz CT molecular complexity index is 1410. The third kappa shape index (κ3) is 4.34. The van der Waals surface area contributed by atoms with Gasteiger partial charge in [-0.05, 0) is 24.6 Å². The zero-order valence-electron chi connectivity index (χ0n) is 19.3. The molecule has 1 unspecified atom stereocenters. The van der Waals surface area contributed by atoms with Crippen molar-refractivity contribution >= 4 is 29.6 Å². The van der Waals surface area contributed by atoms with Crippen LogP contribution < -0.4 is 10.7 Å². The van der Waals surface area contributed by atoms with Crippen LogP contribution in [0.2, 0.25) is 0 Å². The fourth-order valence-electron chi connectivity index (χ4n) is 3.94. The van der Waals surface area contributed by atoms with Gasteiger partial charge in [-0.3, -0.25) is 19.6 Å². The number of hydrazine groups is 1. The lowest BCUT2D eigenvalue weighted by Gasteiger charge is -2.22. The van der Waals surface area contributed by atoms with E-state index < -0.39 is 23.4 Å². The van der Waals surface area contributed by atoms with Crippen molar-refractivity contribution in [1.82, 2.24) is 30.5 Å². The van der Waals surface area contributed by atoms with E-state index in [4.69, 9.17) is 0 Å². The van der Waals surface area contributed by atoms with Crippen molar-refractivity contribution in [2.24, 2.45) is 0 Å². The van der Waals surface area contributed by atoms with Crippen LogP contribution in [0.15, 0.2) is 96.2 Å². The van der Waals surface area contributed by atoms with Crippen LogP contribution in [0.25, 0.3) is 17.1 Å². The summed E-state index contributed by atoms with van der Waals surface area (Å²) in [6, 6.07) is 27.4. The van der Waals surface area contributed by atoms with Crippen LogP contribution in [0, 0.1) is 0 Å². The van der Waals surface area contributed by atoms with Crippen molar-refractivity contribution in [2.45, 2.75) is 17.6 Å². The molecule has 0 saturated carbocycles. The van der Waals surface area contributed by atoms with E-state index in [0.29, 0.717) is 16.5 Å². The molecule has 0 bridgehead atoms. The lowest BCUT2D eigenvalue weighted by atomic mass is 9.92. The fourth-order valence-corrected chi connectivity index (χ4v) is 4.69. The largest absolute Gasteiger partial charge is 0.344 e. The molecule has 4 amide bonds. The van der Waals surface area contributed by atoms with Crippen LogP contribution in [0.5, 0.6) is 0 Å². The van der Waals surface area contributed by atoms with E-state index >= 15 is 0 Å². The first-order chi connectivity index (χ1) is 17.5. The van der Waals surface area contributed by atoms with Gasteiger partial charge >= 0.3 is 6.03 Å². The van der Waals surface area contributed by atoms with Gasteiger partial charge in [0.1, 0.15) is 5.54 Å². The number of urea groups is 1. The Balaban J connectivity index is 1.33. The van der Waals surface area contributed by atoms with E-state index in [0.717, 1.165) is 28.0 Å². The third-order valence-electron chi connectivity index (χ3n) is 5.79. The lowest BCUT2D eigenvalue weighted by Crippen LogP contribution is -2.48. The van der Waals surface area contributed by atoms with Crippen LogP contribution in [0.1, 0.15) is 12.5 Å². The molecule has 1 aromatic heterocycles. The smallest absolute Gasteiger partial charge is 0.318 e. The number of hydrogen-bond donors (Lipinski definition) is 2. The molecular formula is C26H22N6O3S. The minimum absolute atomic E-state index is 0.0845. The maximum absolute atomic E-state index is 13.0. The highest BCUT2D eigenvalue weighted by Crippen LogP contribution is 2.29. The van der Waals surface area contributed by atoms with Crippen LogP contribution in [-0.4, -0.2) is 43.4 Å². The highest BCUT2D eigenvalue weighted by atomic mass is 32.2. The van der Waals surface area contributed by atoms with Gasteiger partial charge in [0.15, 0.2) is 11.0 Å². The molecular weight excluding hydrogens is 476 g/mol. The quantitative estimate of drug-likeness (QED) is 0.298. The Labute approximate surface area is 211 Å². The van der Waals surface area contributed by atoms with Crippen LogP contribution in [-0.2, 0) is 15.1 Å². The minimum Gasteiger partial charge on any atom is -0.318 e. The summed E-state index contributed by atoms with van der Waals surface area (Å²) >= 11 is 1.16. The summed E-state index contributed by atoms with van der Waals surface area (Å²) in [6.07, 6.45) is 0. The zero-order valence-corrected chi connectivity index (χ0v) is 20.1. The Morgan fingerprint density at radius 2 is 1.53 bits per heavy atom. The molecule has 1 saturated heterocycles. The van der Waals surface area contributed by atoms with E-state index in [2.05, 4.69) is 20.9 Å². The number of nitrogens with zero attached hydrogens (tertiary/aromatic N) is 4. The number of carbonyl (C=O) groups is 3. The van der Waals surface area contributed by atoms with Gasteiger partial charge in [0.05, 0.1) is 5.75 Å². The summed E-state index contributed by atoms with van der Waals surface area (Å²) in [5.74, 6) is -0.531. The first-order valence-electron chi connectivity index (χ1n) is 11.2. The topological polar surface area (TPSA) is 109 Å². The summed E-state index contributed by atoms with van der Waals surface area (Å²) in [6.45, 7) is 1.61. The summed E-state index contributed by atoms with van der Waals surface area (Å²) in [4.78, 5) is 38.3. The molecule has 3 aromatic carbocycles. The molecule has 180 valence electrons. The monoisotopic (exact) mass is 498 g/mol. The maximum atomic E-state index is 13.0. The molecule has 1 aliphatic rings. The average Bonchev–Trinajstić information content (AvgIpc) is 3.44. The summed E-state index contributed by atoms with van der Waals surface area (Å²) in [7, 11) is 0. The summed E-state index contributed by atoms with van der Waals surface area (Å²) in [5.41, 5.74) is 3.51. The Morgan fingerprint density at radius 1 is 0.917 bits per heavy atom. The molecule has 4 aromatic rings. The maximum Gasteiger partial charge on any atom is 0.344 e. The molecule has 0 radical (unpaired) electrons. The van der Waals surface area contributed by atoms with Crippen molar-refractivity contribution in [3.63, 3.8) is 0 Å². The fraction of sp³-hybridized carbons (Fsp3) is 0.115. The lowest BCUT2D eigenvalue weighted by molar-refractivity contribution is -0.138. The minimum atomic E-state index is -1.27. The predicted octanol–water partition coefficient (Wildman–Crippen LogP) is 3.52. The normalized spacial score (nSPS) is 17.2. The van der Waals surface area contributed by atoms with Gasteiger partial charge in [-0.15, -0.1) is 10.2 Å². The number of thioether (sulfide) groups is 1. The van der Waals surface area contributed by atoms with Crippen LogP contribution in [0.3, 0.4) is 0 Å². The number of imide groups is 1. The number of aromatic nitrogens is 3. The standard InChI is InChI=1S/C26H22N6O3S/c1-26(19-13-7-3-8-14-19)23(34)32(24(35)27-26)30-21(33)17-36-25-29-28-22(18-11-5-2-6-12-18)31(25)20-15-9-4-10-16-20/h2-16H,17H2,1H3,(H,27,35)(H,30,33). The molecule has 0 spiro atoms. The molecule has 9 nitrogen and oxygen atoms in total. The molecule has 1 fully saturated rings. The molecule has 10 heteroatoms. The van der Waals surface area contributed by atoms with Gasteiger partial charge in [-0.2, -0.15) is 5.01 Å². The van der Waals surface area contributed by atoms with E-state index in [-0.39, 0.29) is 5.75 Å². The van der Waals surface area contributed by atoms with Gasteiger partial charge in [-0.1, -0.05) is 90.6 Å². The molecule has 1 atom stereocenters. The van der Waals surface area contributed by atoms with Crippen molar-refractivity contribution in [3.05, 3.63) is 96.6 Å². The highest BCUT2D eigenvalue weighted by molar-refractivity contribution is 7.99. The molecule has 2 N–H and O–H groups in total. The van der Waals surface area contributed by atoms with Gasteiger partial charge in [0.25, 0.3) is 5.91 Å². The zero-order chi connectivity index (χ0) is 25.1. The Kier molecular flexibility index (Phi) is 6.26. The first kappa shape index (κ1) is 23.3. The average molecular weight is 499 g/mol. The number of amides is 4. The van der Waals surface area contributed by atoms with Crippen molar-refractivity contribution in [3.8, 4) is 17.1 Å². The predicted molar refractivity (Wildman–Crippen MR) is 135 cm³/mol. The molecule has 0 aliphatic carbocycles. The Morgan fingerprint density at radius 3 is 2.19 bits per heavy atom. The number of benzene rings is 3. The Hall–Kier alpha value is -4.44. The van der Waals surface area contributed by atoms with Gasteiger partial charge in [-0.25, -0.2) is 4.79 Å². The summed E-state index contributed by atoms with van der Waals surface area (Å²) < 4.78 is 1.87. The van der Waals surface area contributed by atoms with E-state index in [1.165, 1.54) is 0 Å². The molecule has 36 heavy (non-hydrogen) atoms. The second-order valence-electron chi connectivity index (χ2n) is 8.23. The number of carbonyl (C=O) groups excluding carboxylic acids is 3. The third-order valence-corrected chi connectivity index (χ3v) is 6.72. The first-order valence-corrected chi connectivity index (χ1v) is 12.2. The van der Waals surface area contributed by atoms with Crippen molar-refractivity contribution in [2.75, 3.05) is 5.75 Å². The van der Waals surface area contributed by atoms with E-state index in [9.17, 15) is 14.4 Å². The van der Waals surface area contributed by atoms with E-state index in [1.54, 1.807) is 31.2 Å². The van der Waals surface area contributed by atoms with Crippen LogP contribution in [0.4, 0.5) is 4.79 Å². The van der Waals surface area contributed by atoms with Crippen LogP contribution >= 0.6 is 11.8 Å². The van der Waals surface area contributed by atoms with Crippen molar-refractivity contribution < 1.29 is 14.4 Å². The SMILES string of the molecule is CC1(c2ccccc2)NC(=O)N(NC(=O)CSc2nnc(-c3ccccc3)n2-c2ccccc2)C1=O. The number of para-hydroxylation sites is 1. The van der Waals surface area contributed by atoms with Crippen molar-refractivity contribution in [1.29, 1.82) is 0 Å². The summed E-state index contributed by atoms with van der Waals surface area (Å²) in [5, 5.41) is 12.6. The second kappa shape index (κ2) is 9.67. The molecule has 5 rings (SSSR count). The number of rotatable bonds is 7. The van der Waals surface area contributed by atoms with Gasteiger partial charge in [0, 0.05) is 11.3 Å². The van der Waals surface area contributed by atoms with Gasteiger partial charge in [0.2, 0.25) is 5.91 Å². The molecule has 2 heterocycles. The van der Waals surface area contributed by atoms with E-state index in [1.807, 2.05) is 71.3 Å². The highest BCUT2D eigenvalue weighted by Gasteiger charge is 2.49.